The van der Waals surface area contributed by atoms with Crippen molar-refractivity contribution in [3.63, 3.8) is 0 Å². The Balaban J connectivity index is 1.80. The van der Waals surface area contributed by atoms with Crippen LogP contribution >= 0.6 is 34.5 Å². The average Bonchev–Trinajstić information content (AvgIpc) is 3.15. The van der Waals surface area contributed by atoms with Gasteiger partial charge in [0, 0.05) is 16.1 Å². The van der Waals surface area contributed by atoms with Crippen LogP contribution in [0, 0.1) is 0 Å². The molecule has 4 rings (SSSR count). The van der Waals surface area contributed by atoms with E-state index < -0.39 is 0 Å². The van der Waals surface area contributed by atoms with Crippen molar-refractivity contribution in [3.05, 3.63) is 52.5 Å². The van der Waals surface area contributed by atoms with Gasteiger partial charge < -0.3 is 4.74 Å². The van der Waals surface area contributed by atoms with Crippen LogP contribution in [0.3, 0.4) is 0 Å². The van der Waals surface area contributed by atoms with Crippen LogP contribution in [0.25, 0.3) is 26.9 Å². The minimum atomic E-state index is 0.553. The van der Waals surface area contributed by atoms with Gasteiger partial charge in [-0.15, -0.1) is 10.2 Å². The molecule has 2 heterocycles. The maximum absolute atomic E-state index is 6.29. The molecule has 0 fully saturated rings. The maximum atomic E-state index is 6.29. The molecule has 4 aromatic rings. The summed E-state index contributed by atoms with van der Waals surface area (Å²) >= 11 is 13.7. The van der Waals surface area contributed by atoms with Crippen LogP contribution in [-0.4, -0.2) is 26.4 Å². The summed E-state index contributed by atoms with van der Waals surface area (Å²) in [6, 6.07) is 13.0. The molecule has 5 nitrogen and oxygen atoms in total. The largest absolute Gasteiger partial charge is 0.494 e. The summed E-state index contributed by atoms with van der Waals surface area (Å²) in [5, 5.41) is 15.0. The summed E-state index contributed by atoms with van der Waals surface area (Å²) in [6.07, 6.45) is 0. The monoisotopic (exact) mass is 390 g/mol. The van der Waals surface area contributed by atoms with Gasteiger partial charge in [-0.3, -0.25) is 0 Å². The number of benzene rings is 2. The van der Waals surface area contributed by atoms with Gasteiger partial charge in [0.25, 0.3) is 0 Å². The van der Waals surface area contributed by atoms with E-state index in [9.17, 15) is 0 Å². The van der Waals surface area contributed by atoms with E-state index in [1.807, 2.05) is 37.3 Å². The van der Waals surface area contributed by atoms with E-state index in [0.717, 1.165) is 21.9 Å². The van der Waals surface area contributed by atoms with Crippen molar-refractivity contribution in [2.45, 2.75) is 6.92 Å². The zero-order chi connectivity index (χ0) is 17.4. The Morgan fingerprint density at radius 3 is 2.80 bits per heavy atom. The summed E-state index contributed by atoms with van der Waals surface area (Å²) in [4.78, 5) is 0.692. The van der Waals surface area contributed by atoms with Gasteiger partial charge in [0.15, 0.2) is 5.82 Å². The highest BCUT2D eigenvalue weighted by Crippen LogP contribution is 2.34. The number of ether oxygens (including phenoxy) is 1. The zero-order valence-electron chi connectivity index (χ0n) is 13.1. The molecule has 126 valence electrons. The van der Waals surface area contributed by atoms with Crippen molar-refractivity contribution in [1.82, 2.24) is 19.8 Å². The fraction of sp³-hybridized carbons (Fsp3) is 0.118. The molecule has 0 aliphatic carbocycles. The topological polar surface area (TPSA) is 52.3 Å². The Bertz CT molecular complexity index is 1060. The molecule has 0 atom stereocenters. The highest BCUT2D eigenvalue weighted by atomic mass is 35.5. The van der Waals surface area contributed by atoms with E-state index in [2.05, 4.69) is 15.3 Å². The van der Waals surface area contributed by atoms with E-state index in [1.54, 1.807) is 16.6 Å². The number of nitrogens with zero attached hydrogens (tertiary/aromatic N) is 4. The van der Waals surface area contributed by atoms with E-state index in [4.69, 9.17) is 27.9 Å². The van der Waals surface area contributed by atoms with Crippen molar-refractivity contribution >= 4 is 39.5 Å². The van der Waals surface area contributed by atoms with Gasteiger partial charge >= 0.3 is 0 Å². The normalized spacial score (nSPS) is 11.2. The van der Waals surface area contributed by atoms with E-state index in [1.165, 1.54) is 11.3 Å². The summed E-state index contributed by atoms with van der Waals surface area (Å²) in [5.74, 6) is 1.44. The lowest BCUT2D eigenvalue weighted by atomic mass is 10.2. The summed E-state index contributed by atoms with van der Waals surface area (Å²) < 4.78 is 7.27. The van der Waals surface area contributed by atoms with Crippen LogP contribution in [-0.2, 0) is 0 Å². The first-order valence-electron chi connectivity index (χ1n) is 7.56. The third-order valence-electron chi connectivity index (χ3n) is 3.56. The first-order valence-corrected chi connectivity index (χ1v) is 9.14. The van der Waals surface area contributed by atoms with Crippen molar-refractivity contribution in [2.75, 3.05) is 6.61 Å². The SMILES string of the molecule is CCOc1cccc(-c2nnc3sc(-c4ccc(Cl)cc4Cl)nn23)c1. The molecule has 2 aromatic carbocycles. The summed E-state index contributed by atoms with van der Waals surface area (Å²) in [5.41, 5.74) is 1.70. The molecule has 2 aromatic heterocycles. The molecule has 0 saturated heterocycles. The van der Waals surface area contributed by atoms with Crippen molar-refractivity contribution < 1.29 is 4.74 Å². The quantitative estimate of drug-likeness (QED) is 0.478. The number of hydrogen-bond acceptors (Lipinski definition) is 5. The van der Waals surface area contributed by atoms with E-state index >= 15 is 0 Å². The predicted molar refractivity (Wildman–Crippen MR) is 101 cm³/mol. The standard InChI is InChI=1S/C17H12Cl2N4OS/c1-2-24-12-5-3-4-10(8-12)15-20-21-17-23(15)22-16(25-17)13-7-6-11(18)9-14(13)19/h3-9H,2H2,1H3. The molecule has 0 radical (unpaired) electrons. The second-order valence-electron chi connectivity index (χ2n) is 5.21. The molecule has 0 bridgehead atoms. The lowest BCUT2D eigenvalue weighted by molar-refractivity contribution is 0.340. The Labute approximate surface area is 157 Å². The molecule has 0 saturated carbocycles. The van der Waals surface area contributed by atoms with E-state index in [0.29, 0.717) is 27.4 Å². The molecule has 0 aliphatic rings. The minimum Gasteiger partial charge on any atom is -0.494 e. The van der Waals surface area contributed by atoms with Crippen LogP contribution in [0.5, 0.6) is 5.75 Å². The zero-order valence-corrected chi connectivity index (χ0v) is 15.4. The summed E-state index contributed by atoms with van der Waals surface area (Å²) in [6.45, 7) is 2.55. The fourth-order valence-electron chi connectivity index (χ4n) is 2.46. The number of hydrogen-bond donors (Lipinski definition) is 0. The van der Waals surface area contributed by atoms with Crippen LogP contribution < -0.4 is 4.74 Å². The molecule has 0 amide bonds. The highest BCUT2D eigenvalue weighted by molar-refractivity contribution is 7.19. The molecule has 0 aliphatic heterocycles. The van der Waals surface area contributed by atoms with Crippen LogP contribution in [0.1, 0.15) is 6.92 Å². The Morgan fingerprint density at radius 1 is 1.12 bits per heavy atom. The second kappa shape index (κ2) is 6.63. The fourth-order valence-corrected chi connectivity index (χ4v) is 3.89. The van der Waals surface area contributed by atoms with Gasteiger partial charge in [-0.25, -0.2) is 0 Å². The van der Waals surface area contributed by atoms with Gasteiger partial charge in [-0.1, -0.05) is 46.7 Å². The molecule has 25 heavy (non-hydrogen) atoms. The van der Waals surface area contributed by atoms with Crippen LogP contribution in [0.2, 0.25) is 10.0 Å². The van der Waals surface area contributed by atoms with Gasteiger partial charge in [-0.2, -0.15) is 9.61 Å². The van der Waals surface area contributed by atoms with E-state index in [-0.39, 0.29) is 0 Å². The number of fused-ring (bicyclic) bond motifs is 1. The van der Waals surface area contributed by atoms with Crippen LogP contribution in [0.15, 0.2) is 42.5 Å². The van der Waals surface area contributed by atoms with Crippen molar-refractivity contribution in [3.8, 4) is 27.7 Å². The van der Waals surface area contributed by atoms with Crippen molar-refractivity contribution in [2.24, 2.45) is 0 Å². The third kappa shape index (κ3) is 3.08. The minimum absolute atomic E-state index is 0.553. The number of halogens is 2. The smallest absolute Gasteiger partial charge is 0.235 e. The molecule has 0 unspecified atom stereocenters. The molecule has 8 heteroatoms. The first kappa shape index (κ1) is 16.3. The lowest BCUT2D eigenvalue weighted by Gasteiger charge is -2.04. The Kier molecular flexibility index (Phi) is 4.33. The summed E-state index contributed by atoms with van der Waals surface area (Å²) in [7, 11) is 0. The lowest BCUT2D eigenvalue weighted by Crippen LogP contribution is -1.94. The Hall–Kier alpha value is -2.15. The number of aromatic nitrogens is 4. The van der Waals surface area contributed by atoms with Crippen LogP contribution in [0.4, 0.5) is 0 Å². The second-order valence-corrected chi connectivity index (χ2v) is 7.01. The number of rotatable bonds is 4. The molecular weight excluding hydrogens is 379 g/mol. The van der Waals surface area contributed by atoms with Gasteiger partial charge in [0.05, 0.1) is 11.6 Å². The highest BCUT2D eigenvalue weighted by Gasteiger charge is 2.16. The molecule has 0 N–H and O–H groups in total. The molecular formula is C17H12Cl2N4OS. The Morgan fingerprint density at radius 2 is 2.00 bits per heavy atom. The maximum Gasteiger partial charge on any atom is 0.235 e. The third-order valence-corrected chi connectivity index (χ3v) is 5.04. The van der Waals surface area contributed by atoms with Gasteiger partial charge in [-0.05, 0) is 37.3 Å². The average molecular weight is 391 g/mol. The van der Waals surface area contributed by atoms with Gasteiger partial charge in [0.1, 0.15) is 10.8 Å². The van der Waals surface area contributed by atoms with Gasteiger partial charge in [0.2, 0.25) is 4.96 Å². The van der Waals surface area contributed by atoms with Crippen molar-refractivity contribution in [1.29, 1.82) is 0 Å². The first-order chi connectivity index (χ1) is 12.2. The predicted octanol–water partition coefficient (Wildman–Crippen LogP) is 5.23. The molecule has 0 spiro atoms.